The van der Waals surface area contributed by atoms with Gasteiger partial charge in [0.2, 0.25) is 0 Å². The van der Waals surface area contributed by atoms with Crippen LogP contribution in [0.3, 0.4) is 0 Å². The molecule has 0 spiro atoms. The summed E-state index contributed by atoms with van der Waals surface area (Å²) in [6, 6.07) is 11.7. The zero-order valence-corrected chi connectivity index (χ0v) is 16.5. The maximum absolute atomic E-state index is 12.6. The summed E-state index contributed by atoms with van der Waals surface area (Å²) in [6.07, 6.45) is 0. The molecule has 1 saturated heterocycles. The van der Waals surface area contributed by atoms with Gasteiger partial charge in [0.15, 0.2) is 9.84 Å². The van der Waals surface area contributed by atoms with Crippen LogP contribution in [0.25, 0.3) is 0 Å². The molecule has 0 bridgehead atoms. The molecule has 140 valence electrons. The Balaban J connectivity index is 1.56. The van der Waals surface area contributed by atoms with Crippen molar-refractivity contribution in [2.75, 3.05) is 43.4 Å². The number of phenolic OH excluding ortho intramolecular Hbond substituents is 1. The van der Waals surface area contributed by atoms with Crippen molar-refractivity contribution >= 4 is 38.7 Å². The molecular formula is C18H21Cl2N2O3S+. The third kappa shape index (κ3) is 4.62. The predicted molar refractivity (Wildman–Crippen MR) is 104 cm³/mol. The molecule has 26 heavy (non-hydrogen) atoms. The van der Waals surface area contributed by atoms with Crippen LogP contribution in [0.4, 0.5) is 5.69 Å². The fourth-order valence-electron chi connectivity index (χ4n) is 3.10. The fraction of sp³-hybridized carbons (Fsp3) is 0.333. The van der Waals surface area contributed by atoms with Gasteiger partial charge in [0.05, 0.1) is 42.6 Å². The maximum atomic E-state index is 12.6. The number of aromatic hydroxyl groups is 1. The molecule has 8 heteroatoms. The first kappa shape index (κ1) is 19.3. The average Bonchev–Trinajstić information content (AvgIpc) is 2.63. The standard InChI is InChI=1S/C18H20Cl2N2O3S/c19-14-1-6-17(20)18(13-14)26(24,25)12-11-21-7-9-22(10-8-21)15-2-4-16(23)5-3-15/h1-6,13,23H,7-12H2/p+1. The number of nitrogens with zero attached hydrogens (tertiary/aromatic N) is 1. The SMILES string of the molecule is O=S(=O)(CC[NH+]1CCN(c2ccc(O)cc2)CC1)c1cc(Cl)ccc1Cl. The van der Waals surface area contributed by atoms with Crippen LogP contribution in [0.5, 0.6) is 5.75 Å². The Kier molecular flexibility index (Phi) is 5.97. The highest BCUT2D eigenvalue weighted by Crippen LogP contribution is 2.25. The number of nitrogens with one attached hydrogen (secondary N) is 1. The Labute approximate surface area is 163 Å². The van der Waals surface area contributed by atoms with Gasteiger partial charge in [-0.15, -0.1) is 0 Å². The van der Waals surface area contributed by atoms with E-state index in [0.717, 1.165) is 31.9 Å². The van der Waals surface area contributed by atoms with Crippen LogP contribution >= 0.6 is 23.2 Å². The van der Waals surface area contributed by atoms with Crippen LogP contribution < -0.4 is 9.80 Å². The van der Waals surface area contributed by atoms with E-state index in [2.05, 4.69) is 4.90 Å². The number of quaternary nitrogens is 1. The molecule has 0 saturated carbocycles. The van der Waals surface area contributed by atoms with Crippen LogP contribution in [-0.4, -0.2) is 52.0 Å². The van der Waals surface area contributed by atoms with Gasteiger partial charge in [0, 0.05) is 10.7 Å². The van der Waals surface area contributed by atoms with E-state index in [1.807, 2.05) is 12.1 Å². The summed E-state index contributed by atoms with van der Waals surface area (Å²) in [5, 5.41) is 9.95. The molecule has 1 aliphatic rings. The number of sulfone groups is 1. The predicted octanol–water partition coefficient (Wildman–Crippen LogP) is 1.88. The lowest BCUT2D eigenvalue weighted by atomic mass is 10.2. The van der Waals surface area contributed by atoms with Crippen LogP contribution in [0, 0.1) is 0 Å². The highest BCUT2D eigenvalue weighted by molar-refractivity contribution is 7.91. The van der Waals surface area contributed by atoms with E-state index in [9.17, 15) is 13.5 Å². The minimum absolute atomic E-state index is 0.0433. The smallest absolute Gasteiger partial charge is 0.185 e. The summed E-state index contributed by atoms with van der Waals surface area (Å²) in [7, 11) is -3.46. The second-order valence-electron chi connectivity index (χ2n) is 6.40. The number of benzene rings is 2. The van der Waals surface area contributed by atoms with E-state index in [1.165, 1.54) is 17.0 Å². The van der Waals surface area contributed by atoms with Gasteiger partial charge < -0.3 is 14.9 Å². The number of anilines is 1. The van der Waals surface area contributed by atoms with E-state index >= 15 is 0 Å². The molecule has 0 atom stereocenters. The van der Waals surface area contributed by atoms with Gasteiger partial charge >= 0.3 is 0 Å². The largest absolute Gasteiger partial charge is 0.508 e. The second kappa shape index (κ2) is 8.05. The summed E-state index contributed by atoms with van der Waals surface area (Å²) in [5.74, 6) is 0.296. The fourth-order valence-corrected chi connectivity index (χ4v) is 5.25. The van der Waals surface area contributed by atoms with Crippen molar-refractivity contribution in [3.63, 3.8) is 0 Å². The van der Waals surface area contributed by atoms with E-state index in [-0.39, 0.29) is 21.4 Å². The Hall–Kier alpha value is -1.47. The Bertz CT molecular complexity index is 865. The molecule has 0 amide bonds. The van der Waals surface area contributed by atoms with Crippen molar-refractivity contribution in [2.24, 2.45) is 0 Å². The van der Waals surface area contributed by atoms with Crippen LogP contribution in [-0.2, 0) is 9.84 Å². The Morgan fingerprint density at radius 1 is 1.04 bits per heavy atom. The van der Waals surface area contributed by atoms with Crippen molar-refractivity contribution in [1.82, 2.24) is 0 Å². The minimum atomic E-state index is -3.46. The lowest BCUT2D eigenvalue weighted by Crippen LogP contribution is -3.15. The van der Waals surface area contributed by atoms with Gasteiger partial charge in [-0.2, -0.15) is 0 Å². The summed E-state index contributed by atoms with van der Waals surface area (Å²) < 4.78 is 25.2. The molecule has 2 aromatic rings. The number of rotatable bonds is 5. The molecule has 2 aromatic carbocycles. The maximum Gasteiger partial charge on any atom is 0.185 e. The average molecular weight is 416 g/mol. The highest BCUT2D eigenvalue weighted by Gasteiger charge is 2.24. The number of hydrogen-bond acceptors (Lipinski definition) is 4. The molecule has 1 aliphatic heterocycles. The third-order valence-corrected chi connectivity index (χ3v) is 7.06. The summed E-state index contributed by atoms with van der Waals surface area (Å²) in [5.41, 5.74) is 1.07. The molecule has 1 fully saturated rings. The van der Waals surface area contributed by atoms with Crippen molar-refractivity contribution in [2.45, 2.75) is 4.90 Å². The molecular weight excluding hydrogens is 395 g/mol. The number of piperazine rings is 1. The first-order valence-electron chi connectivity index (χ1n) is 8.40. The van der Waals surface area contributed by atoms with Gasteiger partial charge in [-0.1, -0.05) is 23.2 Å². The van der Waals surface area contributed by atoms with E-state index in [4.69, 9.17) is 23.2 Å². The number of halogens is 2. The molecule has 5 nitrogen and oxygen atoms in total. The van der Waals surface area contributed by atoms with Crippen molar-refractivity contribution in [3.05, 3.63) is 52.5 Å². The van der Waals surface area contributed by atoms with Gasteiger partial charge in [-0.05, 0) is 42.5 Å². The van der Waals surface area contributed by atoms with Crippen LogP contribution in [0.15, 0.2) is 47.4 Å². The number of hydrogen-bond donors (Lipinski definition) is 2. The highest BCUT2D eigenvalue weighted by atomic mass is 35.5. The Morgan fingerprint density at radius 2 is 1.69 bits per heavy atom. The molecule has 2 N–H and O–H groups in total. The molecule has 0 aromatic heterocycles. The van der Waals surface area contributed by atoms with E-state index in [1.54, 1.807) is 18.2 Å². The number of phenols is 1. The quantitative estimate of drug-likeness (QED) is 0.782. The second-order valence-corrected chi connectivity index (χ2v) is 9.32. The molecule has 0 radical (unpaired) electrons. The zero-order chi connectivity index (χ0) is 18.7. The van der Waals surface area contributed by atoms with Crippen LogP contribution in [0.2, 0.25) is 10.0 Å². The third-order valence-electron chi connectivity index (χ3n) is 4.64. The lowest BCUT2D eigenvalue weighted by molar-refractivity contribution is -0.898. The van der Waals surface area contributed by atoms with Gasteiger partial charge in [0.1, 0.15) is 11.5 Å². The van der Waals surface area contributed by atoms with Crippen molar-refractivity contribution < 1.29 is 18.4 Å². The first-order valence-corrected chi connectivity index (χ1v) is 10.8. The first-order chi connectivity index (χ1) is 12.3. The topological polar surface area (TPSA) is 62.0 Å². The molecule has 0 aliphatic carbocycles. The van der Waals surface area contributed by atoms with Crippen LogP contribution in [0.1, 0.15) is 0 Å². The van der Waals surface area contributed by atoms with Crippen molar-refractivity contribution in [3.8, 4) is 5.75 Å². The van der Waals surface area contributed by atoms with E-state index < -0.39 is 9.84 Å². The van der Waals surface area contributed by atoms with E-state index in [0.29, 0.717) is 11.6 Å². The molecule has 0 unspecified atom stereocenters. The van der Waals surface area contributed by atoms with Crippen molar-refractivity contribution in [1.29, 1.82) is 0 Å². The Morgan fingerprint density at radius 3 is 2.35 bits per heavy atom. The lowest BCUT2D eigenvalue weighted by Gasteiger charge is -2.33. The monoisotopic (exact) mass is 415 g/mol. The molecule has 1 heterocycles. The summed E-state index contributed by atoms with van der Waals surface area (Å²) in [6.45, 7) is 3.95. The zero-order valence-electron chi connectivity index (χ0n) is 14.2. The minimum Gasteiger partial charge on any atom is -0.508 e. The summed E-state index contributed by atoms with van der Waals surface area (Å²) >= 11 is 11.9. The van der Waals surface area contributed by atoms with Gasteiger partial charge in [-0.3, -0.25) is 0 Å². The molecule has 3 rings (SSSR count). The van der Waals surface area contributed by atoms with Gasteiger partial charge in [0.25, 0.3) is 0 Å². The van der Waals surface area contributed by atoms with Gasteiger partial charge in [-0.25, -0.2) is 8.42 Å². The normalized spacial score (nSPS) is 16.0. The summed E-state index contributed by atoms with van der Waals surface area (Å²) in [4.78, 5) is 3.60.